The van der Waals surface area contributed by atoms with Gasteiger partial charge in [-0.2, -0.15) is 5.10 Å². The average Bonchev–Trinajstić information content (AvgIpc) is 3.51. The van der Waals surface area contributed by atoms with Gasteiger partial charge in [0.15, 0.2) is 5.82 Å². The number of carbonyl (C=O) groups is 1. The van der Waals surface area contributed by atoms with Crippen LogP contribution >= 0.6 is 0 Å². The van der Waals surface area contributed by atoms with Gasteiger partial charge >= 0.3 is 0 Å². The summed E-state index contributed by atoms with van der Waals surface area (Å²) in [6.45, 7) is 5.39. The Bertz CT molecular complexity index is 1520. The van der Waals surface area contributed by atoms with E-state index < -0.39 is 0 Å². The summed E-state index contributed by atoms with van der Waals surface area (Å²) in [7, 11) is 0. The molecule has 0 atom stereocenters. The molecule has 2 aromatic heterocycles. The fourth-order valence-corrected chi connectivity index (χ4v) is 5.11. The van der Waals surface area contributed by atoms with Crippen LogP contribution in [0.4, 0.5) is 0 Å². The number of H-pyrrole nitrogens is 2. The molecule has 0 saturated heterocycles. The van der Waals surface area contributed by atoms with Gasteiger partial charge in [0.05, 0.1) is 23.3 Å². The van der Waals surface area contributed by atoms with Gasteiger partial charge in [-0.1, -0.05) is 48.5 Å². The Balaban J connectivity index is 1.22. The van der Waals surface area contributed by atoms with E-state index >= 15 is 0 Å². The molecule has 3 aromatic carbocycles. The van der Waals surface area contributed by atoms with Gasteiger partial charge in [-0.25, -0.2) is 4.98 Å². The number of imidazole rings is 1. The Morgan fingerprint density at radius 3 is 2.61 bits per heavy atom. The number of hydrogen-bond acceptors (Lipinski definition) is 3. The van der Waals surface area contributed by atoms with Crippen LogP contribution in [-0.4, -0.2) is 37.5 Å². The Hall–Kier alpha value is -4.19. The maximum Gasteiger partial charge on any atom is 0.254 e. The Morgan fingerprint density at radius 1 is 0.972 bits per heavy atom. The lowest BCUT2D eigenvalue weighted by molar-refractivity contribution is 0.0731. The Morgan fingerprint density at radius 2 is 1.75 bits per heavy atom. The highest BCUT2D eigenvalue weighted by atomic mass is 16.2. The van der Waals surface area contributed by atoms with Gasteiger partial charge in [-0.15, -0.1) is 0 Å². The first-order valence-corrected chi connectivity index (χ1v) is 12.5. The standard InChI is InChI=1S/C30H29N5O/c1-19-16-25-26(17-20(19)2)32-29(31-25)28-24-14-15-35(18-27(24)33-34-28)30(36)23-11-7-6-10-22(23)13-12-21-8-4-3-5-9-21/h3-11,16-17H,12-15,18H2,1-2H3,(H,31,32)(H,33,34). The molecule has 0 saturated carbocycles. The second kappa shape index (κ2) is 9.11. The van der Waals surface area contributed by atoms with Crippen LogP contribution in [0.25, 0.3) is 22.6 Å². The van der Waals surface area contributed by atoms with Crippen molar-refractivity contribution in [3.63, 3.8) is 0 Å². The van der Waals surface area contributed by atoms with Gasteiger partial charge in [-0.05, 0) is 73.6 Å². The van der Waals surface area contributed by atoms with Crippen molar-refractivity contribution in [2.24, 2.45) is 0 Å². The summed E-state index contributed by atoms with van der Waals surface area (Å²) in [6, 6.07) is 22.7. The Kier molecular flexibility index (Phi) is 5.64. The van der Waals surface area contributed by atoms with E-state index in [2.05, 4.69) is 71.5 Å². The second-order valence-corrected chi connectivity index (χ2v) is 9.69. The molecule has 2 N–H and O–H groups in total. The summed E-state index contributed by atoms with van der Waals surface area (Å²) in [5.41, 5.74) is 10.6. The molecule has 3 heterocycles. The van der Waals surface area contributed by atoms with E-state index in [1.807, 2.05) is 29.2 Å². The zero-order valence-corrected chi connectivity index (χ0v) is 20.6. The first kappa shape index (κ1) is 22.3. The van der Waals surface area contributed by atoms with E-state index in [0.717, 1.165) is 64.2 Å². The molecule has 1 aliphatic rings. The third-order valence-corrected chi connectivity index (χ3v) is 7.32. The number of nitrogens with one attached hydrogen (secondary N) is 2. The van der Waals surface area contributed by atoms with Crippen molar-refractivity contribution in [3.8, 4) is 11.5 Å². The molecular formula is C30H29N5O. The molecule has 0 radical (unpaired) electrons. The van der Waals surface area contributed by atoms with Crippen molar-refractivity contribution in [2.75, 3.05) is 6.54 Å². The van der Waals surface area contributed by atoms with Crippen molar-refractivity contribution in [1.82, 2.24) is 25.1 Å². The molecule has 36 heavy (non-hydrogen) atoms. The maximum atomic E-state index is 13.6. The second-order valence-electron chi connectivity index (χ2n) is 9.69. The van der Waals surface area contributed by atoms with Crippen molar-refractivity contribution in [1.29, 1.82) is 0 Å². The zero-order chi connectivity index (χ0) is 24.6. The van der Waals surface area contributed by atoms with E-state index in [4.69, 9.17) is 4.98 Å². The minimum absolute atomic E-state index is 0.0788. The topological polar surface area (TPSA) is 77.7 Å². The van der Waals surface area contributed by atoms with Crippen LogP contribution in [-0.2, 0) is 25.8 Å². The molecule has 0 aliphatic carbocycles. The van der Waals surface area contributed by atoms with Crippen molar-refractivity contribution in [3.05, 3.63) is 106 Å². The smallest absolute Gasteiger partial charge is 0.254 e. The van der Waals surface area contributed by atoms with E-state index in [1.165, 1.54) is 16.7 Å². The highest BCUT2D eigenvalue weighted by Crippen LogP contribution is 2.29. The van der Waals surface area contributed by atoms with Crippen LogP contribution in [0.5, 0.6) is 0 Å². The van der Waals surface area contributed by atoms with Crippen LogP contribution in [0.1, 0.15) is 43.9 Å². The van der Waals surface area contributed by atoms with Crippen LogP contribution < -0.4 is 0 Å². The molecule has 1 amide bonds. The van der Waals surface area contributed by atoms with Crippen molar-refractivity contribution < 1.29 is 4.79 Å². The average molecular weight is 476 g/mol. The lowest BCUT2D eigenvalue weighted by Crippen LogP contribution is -2.36. The first-order valence-electron chi connectivity index (χ1n) is 12.5. The molecule has 0 spiro atoms. The fourth-order valence-electron chi connectivity index (χ4n) is 5.11. The highest BCUT2D eigenvalue weighted by Gasteiger charge is 2.28. The summed E-state index contributed by atoms with van der Waals surface area (Å²) in [5.74, 6) is 0.855. The number of nitrogens with zero attached hydrogens (tertiary/aromatic N) is 3. The quantitative estimate of drug-likeness (QED) is 0.350. The highest BCUT2D eigenvalue weighted by molar-refractivity contribution is 5.96. The van der Waals surface area contributed by atoms with Gasteiger partial charge in [-0.3, -0.25) is 9.89 Å². The first-order chi connectivity index (χ1) is 17.6. The number of fused-ring (bicyclic) bond motifs is 2. The summed E-state index contributed by atoms with van der Waals surface area (Å²) >= 11 is 0. The number of rotatable bonds is 5. The minimum atomic E-state index is 0.0788. The summed E-state index contributed by atoms with van der Waals surface area (Å²) in [5, 5.41) is 7.78. The Labute approximate surface area is 210 Å². The number of benzene rings is 3. The monoisotopic (exact) mass is 475 g/mol. The van der Waals surface area contributed by atoms with E-state index in [9.17, 15) is 4.79 Å². The third-order valence-electron chi connectivity index (χ3n) is 7.32. The lowest BCUT2D eigenvalue weighted by Gasteiger charge is -2.27. The van der Waals surface area contributed by atoms with Gasteiger partial charge < -0.3 is 9.88 Å². The van der Waals surface area contributed by atoms with E-state index in [-0.39, 0.29) is 5.91 Å². The molecule has 0 unspecified atom stereocenters. The minimum Gasteiger partial charge on any atom is -0.337 e. The number of amides is 1. The predicted octanol–water partition coefficient (Wildman–Crippen LogP) is 5.55. The lowest BCUT2D eigenvalue weighted by atomic mass is 9.97. The van der Waals surface area contributed by atoms with Crippen LogP contribution in [0, 0.1) is 13.8 Å². The molecule has 6 nitrogen and oxygen atoms in total. The number of aromatic nitrogens is 4. The molecule has 1 aliphatic heterocycles. The number of aromatic amines is 2. The number of carbonyl (C=O) groups excluding carboxylic acids is 1. The number of hydrogen-bond donors (Lipinski definition) is 2. The molecular weight excluding hydrogens is 446 g/mol. The normalized spacial score (nSPS) is 13.2. The summed E-state index contributed by atoms with van der Waals surface area (Å²) in [4.78, 5) is 23.7. The third kappa shape index (κ3) is 4.09. The molecule has 5 aromatic rings. The van der Waals surface area contributed by atoms with Crippen LogP contribution in [0.3, 0.4) is 0 Å². The van der Waals surface area contributed by atoms with Crippen LogP contribution in [0.2, 0.25) is 0 Å². The van der Waals surface area contributed by atoms with Crippen molar-refractivity contribution >= 4 is 16.9 Å². The largest absolute Gasteiger partial charge is 0.337 e. The zero-order valence-electron chi connectivity index (χ0n) is 20.6. The molecule has 180 valence electrons. The van der Waals surface area contributed by atoms with Crippen molar-refractivity contribution in [2.45, 2.75) is 39.7 Å². The van der Waals surface area contributed by atoms with Gasteiger partial charge in [0, 0.05) is 17.7 Å². The molecule has 0 fully saturated rings. The molecule has 6 heteroatoms. The molecule has 0 bridgehead atoms. The SMILES string of the molecule is Cc1cc2nc(-c3n[nH]c4c3CCN(C(=O)c3ccccc3CCc3ccccc3)C4)[nH]c2cc1C. The van der Waals surface area contributed by atoms with Gasteiger partial charge in [0.2, 0.25) is 0 Å². The van der Waals surface area contributed by atoms with E-state index in [1.54, 1.807) is 0 Å². The van der Waals surface area contributed by atoms with E-state index in [0.29, 0.717) is 13.1 Å². The van der Waals surface area contributed by atoms with Crippen LogP contribution in [0.15, 0.2) is 66.7 Å². The summed E-state index contributed by atoms with van der Waals surface area (Å²) in [6.07, 6.45) is 2.49. The summed E-state index contributed by atoms with van der Waals surface area (Å²) < 4.78 is 0. The fraction of sp³-hybridized carbons (Fsp3) is 0.233. The predicted molar refractivity (Wildman–Crippen MR) is 142 cm³/mol. The maximum absolute atomic E-state index is 13.6. The van der Waals surface area contributed by atoms with Gasteiger partial charge in [0.1, 0.15) is 5.69 Å². The molecule has 6 rings (SSSR count). The van der Waals surface area contributed by atoms with Gasteiger partial charge in [0.25, 0.3) is 5.91 Å². The number of aryl methyl sites for hydroxylation is 4.